The Morgan fingerprint density at radius 3 is 2.79 bits per heavy atom. The van der Waals surface area contributed by atoms with E-state index in [0.717, 1.165) is 0 Å². The van der Waals surface area contributed by atoms with Crippen molar-refractivity contribution < 1.29 is 14.3 Å². The first-order valence-corrected chi connectivity index (χ1v) is 4.55. The average Bonchev–Trinajstić information content (AvgIpc) is 2.09. The van der Waals surface area contributed by atoms with Gasteiger partial charge in [0.25, 0.3) is 0 Å². The summed E-state index contributed by atoms with van der Waals surface area (Å²) < 4.78 is 13.2. The Balaban J connectivity index is 2.87. The molecule has 0 radical (unpaired) electrons. The Hall–Kier alpha value is -1.09. The molecule has 0 atom stereocenters. The first-order chi connectivity index (χ1) is 6.50. The SMILES string of the molecule is Cc1cc(F)c(CCC(=O)O)cc1Cl. The van der Waals surface area contributed by atoms with E-state index in [9.17, 15) is 9.18 Å². The molecule has 0 aliphatic heterocycles. The number of carboxylic acids is 1. The minimum atomic E-state index is -0.943. The summed E-state index contributed by atoms with van der Waals surface area (Å²) in [5.41, 5.74) is 1.01. The molecular formula is C10H10ClFO2. The van der Waals surface area contributed by atoms with E-state index < -0.39 is 11.8 Å². The summed E-state index contributed by atoms with van der Waals surface area (Å²) in [4.78, 5) is 10.3. The Kier molecular flexibility index (Phi) is 3.47. The molecule has 1 N–H and O–H groups in total. The van der Waals surface area contributed by atoms with Crippen molar-refractivity contribution in [2.75, 3.05) is 0 Å². The number of carboxylic acid groups (broad SMARTS) is 1. The molecule has 2 nitrogen and oxygen atoms in total. The van der Waals surface area contributed by atoms with Gasteiger partial charge in [-0.25, -0.2) is 4.39 Å². The molecule has 14 heavy (non-hydrogen) atoms. The monoisotopic (exact) mass is 216 g/mol. The predicted molar refractivity (Wildman–Crippen MR) is 52.1 cm³/mol. The standard InChI is InChI=1S/C10H10ClFO2/c1-6-4-9(12)7(5-8(6)11)2-3-10(13)14/h4-5H,2-3H2,1H3,(H,13,14). The van der Waals surface area contributed by atoms with Gasteiger partial charge in [0.1, 0.15) is 5.82 Å². The second kappa shape index (κ2) is 4.42. The third-order valence-corrected chi connectivity index (χ3v) is 2.34. The van der Waals surface area contributed by atoms with Gasteiger partial charge < -0.3 is 5.11 Å². The quantitative estimate of drug-likeness (QED) is 0.844. The van der Waals surface area contributed by atoms with Gasteiger partial charge >= 0.3 is 5.97 Å². The fourth-order valence-electron chi connectivity index (χ4n) is 1.12. The molecular weight excluding hydrogens is 207 g/mol. The van der Waals surface area contributed by atoms with Crippen molar-refractivity contribution in [2.24, 2.45) is 0 Å². The molecule has 0 saturated carbocycles. The molecule has 0 saturated heterocycles. The molecule has 76 valence electrons. The van der Waals surface area contributed by atoms with Crippen LogP contribution in [0.15, 0.2) is 12.1 Å². The van der Waals surface area contributed by atoms with E-state index in [2.05, 4.69) is 0 Å². The van der Waals surface area contributed by atoms with Gasteiger partial charge in [-0.15, -0.1) is 0 Å². The van der Waals surface area contributed by atoms with Crippen LogP contribution in [-0.4, -0.2) is 11.1 Å². The maximum Gasteiger partial charge on any atom is 0.303 e. The van der Waals surface area contributed by atoms with Crippen LogP contribution in [0.1, 0.15) is 17.5 Å². The molecule has 0 bridgehead atoms. The molecule has 1 rings (SSSR count). The second-order valence-electron chi connectivity index (χ2n) is 3.09. The van der Waals surface area contributed by atoms with Gasteiger partial charge in [0.05, 0.1) is 0 Å². The van der Waals surface area contributed by atoms with Crippen LogP contribution < -0.4 is 0 Å². The van der Waals surface area contributed by atoms with Gasteiger partial charge in [-0.2, -0.15) is 0 Å². The van der Waals surface area contributed by atoms with Crippen molar-refractivity contribution in [3.05, 3.63) is 34.1 Å². The van der Waals surface area contributed by atoms with E-state index in [-0.39, 0.29) is 12.8 Å². The lowest BCUT2D eigenvalue weighted by atomic mass is 10.1. The number of hydrogen-bond donors (Lipinski definition) is 1. The van der Waals surface area contributed by atoms with Crippen LogP contribution >= 0.6 is 11.6 Å². The zero-order valence-electron chi connectivity index (χ0n) is 7.68. The summed E-state index contributed by atoms with van der Waals surface area (Å²) in [6.07, 6.45) is 0.0808. The maximum atomic E-state index is 13.2. The largest absolute Gasteiger partial charge is 0.481 e. The highest BCUT2D eigenvalue weighted by atomic mass is 35.5. The number of aryl methyl sites for hydroxylation is 2. The van der Waals surface area contributed by atoms with Gasteiger partial charge in [-0.1, -0.05) is 11.6 Å². The minimum Gasteiger partial charge on any atom is -0.481 e. The summed E-state index contributed by atoms with van der Waals surface area (Å²) in [7, 11) is 0. The Bertz CT molecular complexity index is 363. The van der Waals surface area contributed by atoms with Crippen molar-refractivity contribution in [3.8, 4) is 0 Å². The van der Waals surface area contributed by atoms with Crippen molar-refractivity contribution in [2.45, 2.75) is 19.8 Å². The van der Waals surface area contributed by atoms with E-state index in [1.807, 2.05) is 0 Å². The fourth-order valence-corrected chi connectivity index (χ4v) is 1.31. The average molecular weight is 217 g/mol. The van der Waals surface area contributed by atoms with Gasteiger partial charge in [-0.05, 0) is 36.6 Å². The summed E-state index contributed by atoms with van der Waals surface area (Å²) in [5, 5.41) is 8.90. The first kappa shape index (κ1) is 11.0. The smallest absolute Gasteiger partial charge is 0.303 e. The second-order valence-corrected chi connectivity index (χ2v) is 3.49. The topological polar surface area (TPSA) is 37.3 Å². The molecule has 0 aromatic heterocycles. The molecule has 0 aliphatic rings. The number of hydrogen-bond acceptors (Lipinski definition) is 1. The minimum absolute atomic E-state index is 0.0870. The number of carbonyl (C=O) groups is 1. The van der Waals surface area contributed by atoms with Crippen molar-refractivity contribution in [1.29, 1.82) is 0 Å². The van der Waals surface area contributed by atoms with Crippen molar-refractivity contribution in [3.63, 3.8) is 0 Å². The molecule has 4 heteroatoms. The summed E-state index contributed by atoms with van der Waals surface area (Å²) in [5.74, 6) is -1.34. The van der Waals surface area contributed by atoms with Crippen molar-refractivity contribution in [1.82, 2.24) is 0 Å². The van der Waals surface area contributed by atoms with Gasteiger partial charge in [0.15, 0.2) is 0 Å². The highest BCUT2D eigenvalue weighted by Crippen LogP contribution is 2.20. The van der Waals surface area contributed by atoms with E-state index in [1.165, 1.54) is 12.1 Å². The van der Waals surface area contributed by atoms with Crippen LogP contribution in [0.5, 0.6) is 0 Å². The Morgan fingerprint density at radius 2 is 2.21 bits per heavy atom. The highest BCUT2D eigenvalue weighted by Gasteiger charge is 2.07. The number of benzene rings is 1. The van der Waals surface area contributed by atoms with Gasteiger partial charge in [-0.3, -0.25) is 4.79 Å². The first-order valence-electron chi connectivity index (χ1n) is 4.17. The van der Waals surface area contributed by atoms with Crippen LogP contribution in [0.3, 0.4) is 0 Å². The van der Waals surface area contributed by atoms with E-state index in [1.54, 1.807) is 6.92 Å². The summed E-state index contributed by atoms with van der Waals surface area (Å²) in [6.45, 7) is 1.70. The molecule has 1 aromatic carbocycles. The lowest BCUT2D eigenvalue weighted by molar-refractivity contribution is -0.136. The highest BCUT2D eigenvalue weighted by molar-refractivity contribution is 6.31. The molecule has 0 amide bonds. The third-order valence-electron chi connectivity index (χ3n) is 1.94. The predicted octanol–water partition coefficient (Wildman–Crippen LogP) is 2.80. The zero-order chi connectivity index (χ0) is 10.7. The lowest BCUT2D eigenvalue weighted by Gasteiger charge is -2.04. The van der Waals surface area contributed by atoms with Crippen LogP contribution in [0, 0.1) is 12.7 Å². The van der Waals surface area contributed by atoms with Crippen LogP contribution in [-0.2, 0) is 11.2 Å². The molecule has 1 aromatic rings. The summed E-state index contributed by atoms with van der Waals surface area (Å²) >= 11 is 5.79. The molecule has 0 spiro atoms. The number of halogens is 2. The fraction of sp³-hybridized carbons (Fsp3) is 0.300. The number of rotatable bonds is 3. The lowest BCUT2D eigenvalue weighted by Crippen LogP contribution is -2.00. The van der Waals surface area contributed by atoms with E-state index in [4.69, 9.17) is 16.7 Å². The zero-order valence-corrected chi connectivity index (χ0v) is 8.44. The van der Waals surface area contributed by atoms with Crippen LogP contribution in [0.2, 0.25) is 5.02 Å². The van der Waals surface area contributed by atoms with E-state index >= 15 is 0 Å². The molecule has 0 aliphatic carbocycles. The molecule has 0 fully saturated rings. The Labute approximate surface area is 86.3 Å². The normalized spacial score (nSPS) is 10.2. The molecule has 0 unspecified atom stereocenters. The Morgan fingerprint density at radius 1 is 1.57 bits per heavy atom. The molecule has 0 heterocycles. The van der Waals surface area contributed by atoms with Crippen molar-refractivity contribution >= 4 is 17.6 Å². The van der Waals surface area contributed by atoms with Gasteiger partial charge in [0, 0.05) is 11.4 Å². The van der Waals surface area contributed by atoms with E-state index in [0.29, 0.717) is 16.1 Å². The number of aliphatic carboxylic acids is 1. The maximum absolute atomic E-state index is 13.2. The third kappa shape index (κ3) is 2.70. The summed E-state index contributed by atoms with van der Waals surface area (Å²) in [6, 6.07) is 2.80. The van der Waals surface area contributed by atoms with Gasteiger partial charge in [0.2, 0.25) is 0 Å². The van der Waals surface area contributed by atoms with Crippen LogP contribution in [0.4, 0.5) is 4.39 Å². The van der Waals surface area contributed by atoms with Crippen LogP contribution in [0.25, 0.3) is 0 Å².